The maximum atomic E-state index is 14.1. The Morgan fingerprint density at radius 2 is 1.50 bits per heavy atom. The molecule has 0 heterocycles. The van der Waals surface area contributed by atoms with Gasteiger partial charge in [-0.1, -0.05) is 47.0 Å². The first-order valence-corrected chi connectivity index (χ1v) is 5.19. The summed E-state index contributed by atoms with van der Waals surface area (Å²) in [6.45, 7) is 9.99. The zero-order valence-electron chi connectivity index (χ0n) is 9.15. The highest BCUT2D eigenvalue weighted by atomic mass is 19.1. The predicted molar refractivity (Wildman–Crippen MR) is 53.0 cm³/mol. The number of halogens is 1. The Kier molecular flexibility index (Phi) is 4.81. The molecule has 0 aliphatic heterocycles. The van der Waals surface area contributed by atoms with Gasteiger partial charge in [-0.2, -0.15) is 0 Å². The number of hydrogen-bond acceptors (Lipinski definition) is 0. The SMILES string of the molecule is CCC(C)C(C)(F)C(CC)CC. The van der Waals surface area contributed by atoms with Crippen molar-refractivity contribution in [1.82, 2.24) is 0 Å². The fourth-order valence-corrected chi connectivity index (χ4v) is 1.89. The molecule has 0 aromatic rings. The number of rotatable bonds is 5. The lowest BCUT2D eigenvalue weighted by Crippen LogP contribution is -2.35. The average Bonchev–Trinajstić information content (AvgIpc) is 2.04. The largest absolute Gasteiger partial charge is 0.244 e. The monoisotopic (exact) mass is 174 g/mol. The van der Waals surface area contributed by atoms with Crippen LogP contribution in [0, 0.1) is 11.8 Å². The third-order valence-corrected chi connectivity index (χ3v) is 3.36. The molecule has 0 aliphatic rings. The smallest absolute Gasteiger partial charge is 0.113 e. The van der Waals surface area contributed by atoms with Crippen molar-refractivity contribution in [2.45, 2.75) is 59.5 Å². The summed E-state index contributed by atoms with van der Waals surface area (Å²) in [5.74, 6) is 0.412. The van der Waals surface area contributed by atoms with Gasteiger partial charge in [0.1, 0.15) is 5.67 Å². The lowest BCUT2D eigenvalue weighted by molar-refractivity contribution is 0.0351. The van der Waals surface area contributed by atoms with E-state index in [0.29, 0.717) is 0 Å². The summed E-state index contributed by atoms with van der Waals surface area (Å²) < 4.78 is 14.1. The first-order chi connectivity index (χ1) is 5.50. The Morgan fingerprint density at radius 3 is 1.75 bits per heavy atom. The molecule has 0 saturated heterocycles. The molecule has 2 unspecified atom stereocenters. The van der Waals surface area contributed by atoms with Crippen LogP contribution in [0.3, 0.4) is 0 Å². The average molecular weight is 174 g/mol. The lowest BCUT2D eigenvalue weighted by Gasteiger charge is -2.34. The lowest BCUT2D eigenvalue weighted by atomic mass is 9.77. The van der Waals surface area contributed by atoms with Crippen molar-refractivity contribution in [2.75, 3.05) is 0 Å². The van der Waals surface area contributed by atoms with Gasteiger partial charge in [0, 0.05) is 0 Å². The molecular weight excluding hydrogens is 151 g/mol. The Balaban J connectivity index is 4.33. The van der Waals surface area contributed by atoms with Gasteiger partial charge in [0.05, 0.1) is 0 Å². The van der Waals surface area contributed by atoms with Gasteiger partial charge in [0.15, 0.2) is 0 Å². The predicted octanol–water partition coefficient (Wildman–Crippen LogP) is 4.20. The highest BCUT2D eigenvalue weighted by molar-refractivity contribution is 4.85. The third-order valence-electron chi connectivity index (χ3n) is 3.36. The molecule has 74 valence electrons. The third kappa shape index (κ3) is 2.46. The minimum atomic E-state index is -0.974. The first-order valence-electron chi connectivity index (χ1n) is 5.19. The highest BCUT2D eigenvalue weighted by Crippen LogP contribution is 2.36. The number of hydrogen-bond donors (Lipinski definition) is 0. The van der Waals surface area contributed by atoms with Crippen molar-refractivity contribution in [3.63, 3.8) is 0 Å². The molecule has 0 aromatic carbocycles. The van der Waals surface area contributed by atoms with Crippen LogP contribution in [0.4, 0.5) is 4.39 Å². The van der Waals surface area contributed by atoms with Gasteiger partial charge in [-0.15, -0.1) is 0 Å². The van der Waals surface area contributed by atoms with Crippen LogP contribution in [0.25, 0.3) is 0 Å². The summed E-state index contributed by atoms with van der Waals surface area (Å²) >= 11 is 0. The van der Waals surface area contributed by atoms with Gasteiger partial charge in [-0.05, 0) is 18.8 Å². The zero-order chi connectivity index (χ0) is 9.78. The van der Waals surface area contributed by atoms with Crippen LogP contribution in [0.2, 0.25) is 0 Å². The molecule has 0 aromatic heterocycles. The van der Waals surface area contributed by atoms with Gasteiger partial charge in [-0.25, -0.2) is 4.39 Å². The molecule has 0 radical (unpaired) electrons. The molecule has 0 fully saturated rings. The maximum Gasteiger partial charge on any atom is 0.113 e. The van der Waals surface area contributed by atoms with E-state index in [9.17, 15) is 4.39 Å². The van der Waals surface area contributed by atoms with Crippen LogP contribution in [-0.4, -0.2) is 5.67 Å². The van der Waals surface area contributed by atoms with Crippen LogP contribution in [0.1, 0.15) is 53.9 Å². The van der Waals surface area contributed by atoms with E-state index in [-0.39, 0.29) is 11.8 Å². The Bertz CT molecular complexity index is 114. The fraction of sp³-hybridized carbons (Fsp3) is 1.00. The van der Waals surface area contributed by atoms with Crippen LogP contribution in [0.5, 0.6) is 0 Å². The molecule has 0 bridgehead atoms. The van der Waals surface area contributed by atoms with Crippen molar-refractivity contribution in [1.29, 1.82) is 0 Å². The van der Waals surface area contributed by atoms with Crippen molar-refractivity contribution >= 4 is 0 Å². The second-order valence-corrected chi connectivity index (χ2v) is 3.97. The normalized spacial score (nSPS) is 19.2. The van der Waals surface area contributed by atoms with E-state index in [1.54, 1.807) is 6.92 Å². The summed E-state index contributed by atoms with van der Waals surface area (Å²) in [6, 6.07) is 0. The van der Waals surface area contributed by atoms with Crippen molar-refractivity contribution in [2.24, 2.45) is 11.8 Å². The second-order valence-electron chi connectivity index (χ2n) is 3.97. The fourth-order valence-electron chi connectivity index (χ4n) is 1.89. The van der Waals surface area contributed by atoms with E-state index < -0.39 is 5.67 Å². The van der Waals surface area contributed by atoms with Crippen molar-refractivity contribution in [3.8, 4) is 0 Å². The van der Waals surface area contributed by atoms with Crippen LogP contribution in [-0.2, 0) is 0 Å². The van der Waals surface area contributed by atoms with Gasteiger partial charge >= 0.3 is 0 Å². The molecule has 0 N–H and O–H groups in total. The van der Waals surface area contributed by atoms with Gasteiger partial charge in [0.2, 0.25) is 0 Å². The first kappa shape index (κ1) is 11.9. The zero-order valence-corrected chi connectivity index (χ0v) is 9.15. The minimum absolute atomic E-state index is 0.183. The molecule has 12 heavy (non-hydrogen) atoms. The van der Waals surface area contributed by atoms with Crippen molar-refractivity contribution < 1.29 is 4.39 Å². The standard InChI is InChI=1S/C11H23F/c1-6-9(4)11(5,12)10(7-2)8-3/h9-10H,6-8H2,1-5H3. The maximum absolute atomic E-state index is 14.1. The van der Waals surface area contributed by atoms with Crippen molar-refractivity contribution in [3.05, 3.63) is 0 Å². The quantitative estimate of drug-likeness (QED) is 0.586. The summed E-state index contributed by atoms with van der Waals surface area (Å²) in [5, 5.41) is 0. The van der Waals surface area contributed by atoms with E-state index in [4.69, 9.17) is 0 Å². The Hall–Kier alpha value is -0.0700. The molecule has 0 amide bonds. The molecule has 0 rings (SSSR count). The summed E-state index contributed by atoms with van der Waals surface area (Å²) in [6.07, 6.45) is 2.84. The van der Waals surface area contributed by atoms with E-state index in [2.05, 4.69) is 20.8 Å². The van der Waals surface area contributed by atoms with Gasteiger partial charge < -0.3 is 0 Å². The van der Waals surface area contributed by atoms with E-state index in [0.717, 1.165) is 19.3 Å². The molecule has 1 heteroatoms. The van der Waals surface area contributed by atoms with Crippen LogP contribution in [0.15, 0.2) is 0 Å². The molecular formula is C11H23F. The van der Waals surface area contributed by atoms with E-state index >= 15 is 0 Å². The molecule has 0 aliphatic carbocycles. The topological polar surface area (TPSA) is 0 Å². The van der Waals surface area contributed by atoms with Crippen LogP contribution < -0.4 is 0 Å². The summed E-state index contributed by atoms with van der Waals surface area (Å²) in [5.41, 5.74) is -0.974. The molecule has 2 atom stereocenters. The Morgan fingerprint density at radius 1 is 1.08 bits per heavy atom. The van der Waals surface area contributed by atoms with E-state index in [1.165, 1.54) is 0 Å². The second kappa shape index (κ2) is 4.84. The van der Waals surface area contributed by atoms with Crippen LogP contribution >= 0.6 is 0 Å². The highest BCUT2D eigenvalue weighted by Gasteiger charge is 2.36. The molecule has 0 nitrogen and oxygen atoms in total. The summed E-state index contributed by atoms with van der Waals surface area (Å²) in [4.78, 5) is 0. The molecule has 0 saturated carbocycles. The Labute approximate surface area is 76.6 Å². The van der Waals surface area contributed by atoms with Gasteiger partial charge in [-0.3, -0.25) is 0 Å². The van der Waals surface area contributed by atoms with E-state index in [1.807, 2.05) is 6.92 Å². The summed E-state index contributed by atoms with van der Waals surface area (Å²) in [7, 11) is 0. The molecule has 0 spiro atoms. The minimum Gasteiger partial charge on any atom is -0.244 e. The number of alkyl halides is 1. The van der Waals surface area contributed by atoms with Gasteiger partial charge in [0.25, 0.3) is 0 Å².